The molecule has 0 bridgehead atoms. The van der Waals surface area contributed by atoms with E-state index < -0.39 is 0 Å². The number of benzene rings is 2. The van der Waals surface area contributed by atoms with E-state index in [9.17, 15) is 4.79 Å². The molecule has 0 radical (unpaired) electrons. The minimum absolute atomic E-state index is 0.305. The molecule has 3 rings (SSSR count). The number of aryl methyl sites for hydroxylation is 1. The maximum absolute atomic E-state index is 11.5. The van der Waals surface area contributed by atoms with Gasteiger partial charge in [-0.25, -0.2) is 0 Å². The summed E-state index contributed by atoms with van der Waals surface area (Å²) in [7, 11) is 0. The van der Waals surface area contributed by atoms with E-state index in [-0.39, 0.29) is 5.91 Å². The Morgan fingerprint density at radius 2 is 1.75 bits per heavy atom. The predicted octanol–water partition coefficient (Wildman–Crippen LogP) is 3.56. The second kappa shape index (κ2) is 5.33. The summed E-state index contributed by atoms with van der Waals surface area (Å²) in [4.78, 5) is 11.5. The number of nitrogens with two attached hydrogens (primary N) is 1. The molecule has 0 saturated heterocycles. The maximum atomic E-state index is 11.5. The molecular weight excluding hydrogens is 246 g/mol. The van der Waals surface area contributed by atoms with E-state index in [1.807, 2.05) is 24.3 Å². The van der Waals surface area contributed by atoms with Crippen LogP contribution in [0.4, 0.5) is 0 Å². The fraction of sp³-hybridized carbons (Fsp3) is 0.167. The lowest BCUT2D eigenvalue weighted by molar-refractivity contribution is -0.114. The Morgan fingerprint density at radius 3 is 2.50 bits per heavy atom. The van der Waals surface area contributed by atoms with Gasteiger partial charge in [-0.3, -0.25) is 4.79 Å². The molecule has 2 aromatic carbocycles. The molecule has 1 aliphatic carbocycles. The van der Waals surface area contributed by atoms with Gasteiger partial charge in [0, 0.05) is 5.57 Å². The second-order valence-corrected chi connectivity index (χ2v) is 5.13. The Balaban J connectivity index is 2.19. The molecule has 20 heavy (non-hydrogen) atoms. The molecule has 0 atom stereocenters. The van der Waals surface area contributed by atoms with Crippen LogP contribution in [-0.2, 0) is 11.2 Å². The van der Waals surface area contributed by atoms with Crippen molar-refractivity contribution in [2.24, 2.45) is 5.73 Å². The van der Waals surface area contributed by atoms with Crippen LogP contribution in [0.5, 0.6) is 0 Å². The third-order valence-electron chi connectivity index (χ3n) is 3.81. The number of rotatable bonds is 2. The summed E-state index contributed by atoms with van der Waals surface area (Å²) >= 11 is 0. The van der Waals surface area contributed by atoms with Crippen LogP contribution in [0, 0.1) is 0 Å². The lowest BCUT2D eigenvalue weighted by Crippen LogP contribution is -2.13. The van der Waals surface area contributed by atoms with Gasteiger partial charge < -0.3 is 5.73 Å². The van der Waals surface area contributed by atoms with Crippen molar-refractivity contribution in [2.45, 2.75) is 19.3 Å². The SMILES string of the molecule is NC(=O)C1=Cc2c(cccc2-c2ccccc2)CCC1. The van der Waals surface area contributed by atoms with Gasteiger partial charge in [-0.1, -0.05) is 48.5 Å². The van der Waals surface area contributed by atoms with Crippen LogP contribution in [0.25, 0.3) is 17.2 Å². The highest BCUT2D eigenvalue weighted by atomic mass is 16.1. The Kier molecular flexibility index (Phi) is 3.38. The lowest BCUT2D eigenvalue weighted by Gasteiger charge is -2.11. The minimum atomic E-state index is -0.305. The molecular formula is C18H17NO. The molecule has 0 aromatic heterocycles. The highest BCUT2D eigenvalue weighted by Gasteiger charge is 2.15. The third-order valence-corrected chi connectivity index (χ3v) is 3.81. The second-order valence-electron chi connectivity index (χ2n) is 5.13. The zero-order valence-corrected chi connectivity index (χ0v) is 11.3. The van der Waals surface area contributed by atoms with E-state index in [1.165, 1.54) is 16.7 Å². The molecule has 1 aliphatic rings. The van der Waals surface area contributed by atoms with Crippen LogP contribution in [0.2, 0.25) is 0 Å². The number of hydrogen-bond donors (Lipinski definition) is 1. The first kappa shape index (κ1) is 12.7. The molecule has 2 nitrogen and oxygen atoms in total. The Labute approximate surface area is 118 Å². The molecule has 0 fully saturated rings. The molecule has 2 aromatic rings. The zero-order valence-electron chi connectivity index (χ0n) is 11.3. The van der Waals surface area contributed by atoms with Crippen molar-refractivity contribution in [3.63, 3.8) is 0 Å². The topological polar surface area (TPSA) is 43.1 Å². The smallest absolute Gasteiger partial charge is 0.244 e. The van der Waals surface area contributed by atoms with E-state index in [4.69, 9.17) is 5.73 Å². The molecule has 2 N–H and O–H groups in total. The van der Waals surface area contributed by atoms with Crippen molar-refractivity contribution in [3.05, 3.63) is 65.2 Å². The largest absolute Gasteiger partial charge is 0.366 e. The van der Waals surface area contributed by atoms with Crippen molar-refractivity contribution in [2.75, 3.05) is 0 Å². The third kappa shape index (κ3) is 2.37. The quantitative estimate of drug-likeness (QED) is 0.884. The van der Waals surface area contributed by atoms with Crippen LogP contribution in [-0.4, -0.2) is 5.91 Å². The predicted molar refractivity (Wildman–Crippen MR) is 82.0 cm³/mol. The number of primary amides is 1. The van der Waals surface area contributed by atoms with Gasteiger partial charge in [-0.05, 0) is 47.6 Å². The van der Waals surface area contributed by atoms with Crippen LogP contribution in [0.3, 0.4) is 0 Å². The first-order chi connectivity index (χ1) is 9.75. The molecule has 0 unspecified atom stereocenters. The van der Waals surface area contributed by atoms with E-state index in [2.05, 4.69) is 30.3 Å². The highest BCUT2D eigenvalue weighted by Crippen LogP contribution is 2.32. The molecule has 0 saturated carbocycles. The fourth-order valence-corrected chi connectivity index (χ4v) is 2.78. The lowest BCUT2D eigenvalue weighted by atomic mass is 9.94. The molecule has 0 aliphatic heterocycles. The van der Waals surface area contributed by atoms with Gasteiger partial charge >= 0.3 is 0 Å². The highest BCUT2D eigenvalue weighted by molar-refractivity contribution is 5.98. The maximum Gasteiger partial charge on any atom is 0.244 e. The van der Waals surface area contributed by atoms with E-state index in [0.717, 1.165) is 30.4 Å². The fourth-order valence-electron chi connectivity index (χ4n) is 2.78. The Bertz CT molecular complexity index is 671. The van der Waals surface area contributed by atoms with E-state index in [1.54, 1.807) is 0 Å². The number of carbonyl (C=O) groups is 1. The van der Waals surface area contributed by atoms with Gasteiger partial charge in [0.2, 0.25) is 5.91 Å². The van der Waals surface area contributed by atoms with Crippen LogP contribution >= 0.6 is 0 Å². The minimum Gasteiger partial charge on any atom is -0.366 e. The van der Waals surface area contributed by atoms with Crippen molar-refractivity contribution < 1.29 is 4.79 Å². The zero-order chi connectivity index (χ0) is 13.9. The molecule has 100 valence electrons. The Hall–Kier alpha value is -2.35. The van der Waals surface area contributed by atoms with Crippen LogP contribution < -0.4 is 5.73 Å². The summed E-state index contributed by atoms with van der Waals surface area (Å²) in [6, 6.07) is 16.6. The van der Waals surface area contributed by atoms with Crippen molar-refractivity contribution in [1.82, 2.24) is 0 Å². The molecule has 1 amide bonds. The monoisotopic (exact) mass is 263 g/mol. The number of hydrogen-bond acceptors (Lipinski definition) is 1. The van der Waals surface area contributed by atoms with E-state index >= 15 is 0 Å². The van der Waals surface area contributed by atoms with Crippen LogP contribution in [0.15, 0.2) is 54.1 Å². The summed E-state index contributed by atoms with van der Waals surface area (Å²) in [5.74, 6) is -0.305. The van der Waals surface area contributed by atoms with E-state index in [0.29, 0.717) is 0 Å². The first-order valence-corrected chi connectivity index (χ1v) is 6.93. The summed E-state index contributed by atoms with van der Waals surface area (Å²) in [5, 5.41) is 0. The van der Waals surface area contributed by atoms with Gasteiger partial charge in [-0.15, -0.1) is 0 Å². The first-order valence-electron chi connectivity index (χ1n) is 6.93. The van der Waals surface area contributed by atoms with Gasteiger partial charge in [-0.2, -0.15) is 0 Å². The molecule has 0 spiro atoms. The molecule has 0 heterocycles. The van der Waals surface area contributed by atoms with Gasteiger partial charge in [0.1, 0.15) is 0 Å². The Morgan fingerprint density at radius 1 is 0.950 bits per heavy atom. The van der Waals surface area contributed by atoms with Crippen molar-refractivity contribution in [1.29, 1.82) is 0 Å². The van der Waals surface area contributed by atoms with Crippen molar-refractivity contribution >= 4 is 12.0 Å². The standard InChI is InChI=1S/C18H17NO/c19-18(20)15-10-4-8-14-9-5-11-16(17(14)12-15)13-6-2-1-3-7-13/h1-3,5-7,9,11-12H,4,8,10H2,(H2,19,20). The number of carbonyl (C=O) groups excluding carboxylic acids is 1. The summed E-state index contributed by atoms with van der Waals surface area (Å²) < 4.78 is 0. The molecule has 2 heteroatoms. The number of fused-ring (bicyclic) bond motifs is 1. The summed E-state index contributed by atoms with van der Waals surface area (Å²) in [5.41, 5.74) is 11.0. The summed E-state index contributed by atoms with van der Waals surface area (Å²) in [6.07, 6.45) is 4.70. The van der Waals surface area contributed by atoms with Gasteiger partial charge in [0.05, 0.1) is 0 Å². The van der Waals surface area contributed by atoms with Gasteiger partial charge in [0.15, 0.2) is 0 Å². The normalized spacial score (nSPS) is 14.1. The van der Waals surface area contributed by atoms with Crippen molar-refractivity contribution in [3.8, 4) is 11.1 Å². The average Bonchev–Trinajstić information content (AvgIpc) is 2.70. The summed E-state index contributed by atoms with van der Waals surface area (Å²) in [6.45, 7) is 0. The van der Waals surface area contributed by atoms with Crippen LogP contribution in [0.1, 0.15) is 24.0 Å². The average molecular weight is 263 g/mol. The number of amides is 1. The van der Waals surface area contributed by atoms with Gasteiger partial charge in [0.25, 0.3) is 0 Å².